The molecule has 1 heterocycles. The molecule has 1 N–H and O–H groups in total. The third-order valence-electron chi connectivity index (χ3n) is 4.24. The molecule has 7 heteroatoms. The normalized spacial score (nSPS) is 10.9. The summed E-state index contributed by atoms with van der Waals surface area (Å²) in [4.78, 5) is 12.4. The van der Waals surface area contributed by atoms with E-state index in [0.717, 1.165) is 39.5 Å². The minimum Gasteiger partial charge on any atom is -0.310 e. The number of amides is 1. The van der Waals surface area contributed by atoms with Crippen molar-refractivity contribution in [3.8, 4) is 11.1 Å². The van der Waals surface area contributed by atoms with E-state index < -0.39 is 11.6 Å². The molecule has 3 rings (SSSR count). The van der Waals surface area contributed by atoms with Gasteiger partial charge in [0.25, 0.3) is 0 Å². The zero-order valence-electron chi connectivity index (χ0n) is 14.9. The van der Waals surface area contributed by atoms with Gasteiger partial charge in [-0.25, -0.2) is 8.78 Å². The Kier molecular flexibility index (Phi) is 5.70. The van der Waals surface area contributed by atoms with E-state index in [2.05, 4.69) is 26.3 Å². The van der Waals surface area contributed by atoms with Crippen molar-refractivity contribution in [1.82, 2.24) is 9.78 Å². The summed E-state index contributed by atoms with van der Waals surface area (Å²) in [7, 11) is 1.75. The van der Waals surface area contributed by atoms with Crippen molar-refractivity contribution >= 4 is 27.7 Å². The summed E-state index contributed by atoms with van der Waals surface area (Å²) < 4.78 is 29.5. The third-order valence-corrected chi connectivity index (χ3v) is 4.77. The third kappa shape index (κ3) is 4.42. The van der Waals surface area contributed by atoms with E-state index >= 15 is 0 Å². The zero-order valence-corrected chi connectivity index (χ0v) is 16.5. The van der Waals surface area contributed by atoms with Gasteiger partial charge < -0.3 is 5.32 Å². The van der Waals surface area contributed by atoms with Crippen LogP contribution in [0.5, 0.6) is 0 Å². The van der Waals surface area contributed by atoms with Crippen molar-refractivity contribution < 1.29 is 13.6 Å². The number of hydrogen-bond acceptors (Lipinski definition) is 2. The van der Waals surface area contributed by atoms with Crippen molar-refractivity contribution in [3.05, 3.63) is 69.8 Å². The van der Waals surface area contributed by atoms with E-state index in [0.29, 0.717) is 5.82 Å². The Labute approximate surface area is 164 Å². The summed E-state index contributed by atoms with van der Waals surface area (Å²) in [6.45, 7) is 1.87. The molecule has 0 unspecified atom stereocenters. The maximum Gasteiger partial charge on any atom is 0.225 e. The highest BCUT2D eigenvalue weighted by molar-refractivity contribution is 9.10. The molecule has 27 heavy (non-hydrogen) atoms. The van der Waals surface area contributed by atoms with Gasteiger partial charge in [0.15, 0.2) is 0 Å². The molecule has 2 aromatic carbocycles. The molecule has 4 nitrogen and oxygen atoms in total. The van der Waals surface area contributed by atoms with Gasteiger partial charge in [-0.05, 0) is 54.8 Å². The number of halogens is 3. The molecule has 1 amide bonds. The summed E-state index contributed by atoms with van der Waals surface area (Å²) in [6, 6.07) is 10.9. The first-order valence-corrected chi connectivity index (χ1v) is 9.18. The van der Waals surface area contributed by atoms with Crippen LogP contribution in [0.1, 0.15) is 17.7 Å². The van der Waals surface area contributed by atoms with Gasteiger partial charge >= 0.3 is 0 Å². The Morgan fingerprint density at radius 2 is 1.89 bits per heavy atom. The molecule has 0 aliphatic carbocycles. The number of carbonyl (C=O) groups is 1. The summed E-state index contributed by atoms with van der Waals surface area (Å²) in [6.07, 6.45) is 0.143. The number of nitrogens with zero attached hydrogens (tertiary/aromatic N) is 2. The monoisotopic (exact) mass is 433 g/mol. The number of aryl methyl sites for hydroxylation is 3. The van der Waals surface area contributed by atoms with Crippen molar-refractivity contribution in [1.29, 1.82) is 0 Å². The molecule has 0 radical (unpaired) electrons. The van der Waals surface area contributed by atoms with E-state index in [1.165, 1.54) is 0 Å². The smallest absolute Gasteiger partial charge is 0.225 e. The van der Waals surface area contributed by atoms with Crippen LogP contribution < -0.4 is 5.32 Å². The number of nitrogens with one attached hydrogen (secondary N) is 1. The summed E-state index contributed by atoms with van der Waals surface area (Å²) in [5.41, 5.74) is 2.72. The predicted octanol–water partition coefficient (Wildman–Crippen LogP) is 5.01. The van der Waals surface area contributed by atoms with Crippen molar-refractivity contribution in [2.24, 2.45) is 7.05 Å². The van der Waals surface area contributed by atoms with Crippen LogP contribution in [0.3, 0.4) is 0 Å². The van der Waals surface area contributed by atoms with Crippen LogP contribution in [0, 0.1) is 18.6 Å². The maximum atomic E-state index is 13.7. The average Bonchev–Trinajstić information content (AvgIpc) is 2.90. The largest absolute Gasteiger partial charge is 0.310 e. The molecule has 0 saturated carbocycles. The van der Waals surface area contributed by atoms with Gasteiger partial charge in [-0.3, -0.25) is 9.48 Å². The molecular weight excluding hydrogens is 416 g/mol. The lowest BCUT2D eigenvalue weighted by Crippen LogP contribution is -2.16. The molecule has 0 saturated heterocycles. The van der Waals surface area contributed by atoms with Crippen molar-refractivity contribution in [3.63, 3.8) is 0 Å². The summed E-state index contributed by atoms with van der Waals surface area (Å²) in [5, 5.41) is 7.24. The second kappa shape index (κ2) is 8.00. The van der Waals surface area contributed by atoms with Gasteiger partial charge in [0.2, 0.25) is 5.91 Å². The topological polar surface area (TPSA) is 46.9 Å². The van der Waals surface area contributed by atoms with Crippen LogP contribution in [-0.2, 0) is 18.3 Å². The fourth-order valence-corrected chi connectivity index (χ4v) is 3.21. The Balaban J connectivity index is 1.78. The zero-order chi connectivity index (χ0) is 19.6. The van der Waals surface area contributed by atoms with E-state index in [1.807, 2.05) is 31.2 Å². The Morgan fingerprint density at radius 1 is 1.19 bits per heavy atom. The number of benzene rings is 2. The van der Waals surface area contributed by atoms with Crippen LogP contribution in [0.15, 0.2) is 46.9 Å². The number of aromatic nitrogens is 2. The highest BCUT2D eigenvalue weighted by Crippen LogP contribution is 2.32. The summed E-state index contributed by atoms with van der Waals surface area (Å²) >= 11 is 3.41. The summed E-state index contributed by atoms with van der Waals surface area (Å²) in [5.74, 6) is -0.762. The molecule has 1 aromatic heterocycles. The van der Waals surface area contributed by atoms with E-state index in [4.69, 9.17) is 0 Å². The van der Waals surface area contributed by atoms with Gasteiger partial charge in [-0.2, -0.15) is 5.10 Å². The van der Waals surface area contributed by atoms with Gasteiger partial charge in [0.1, 0.15) is 17.5 Å². The fraction of sp³-hybridized carbons (Fsp3) is 0.200. The van der Waals surface area contributed by atoms with Gasteiger partial charge in [0.05, 0.1) is 5.69 Å². The van der Waals surface area contributed by atoms with Crippen molar-refractivity contribution in [2.75, 3.05) is 5.32 Å². The number of carbonyl (C=O) groups excluding carboxylic acids is 1. The Bertz CT molecular complexity index is 984. The van der Waals surface area contributed by atoms with E-state index in [9.17, 15) is 13.6 Å². The number of hydrogen-bond donors (Lipinski definition) is 1. The molecule has 0 aliphatic heterocycles. The van der Waals surface area contributed by atoms with E-state index in [-0.39, 0.29) is 24.3 Å². The number of anilines is 1. The molecule has 0 fully saturated rings. The standard InChI is InChI=1S/C20H18BrF2N3O/c1-12-19(13-3-6-15(21)7-4-13)20(26(2)25-12)24-18(27)10-5-14-11-16(22)8-9-17(14)23/h3-4,6-9,11H,5,10H2,1-2H3,(H,24,27). The van der Waals surface area contributed by atoms with Gasteiger partial charge in [-0.1, -0.05) is 28.1 Å². The van der Waals surface area contributed by atoms with Crippen LogP contribution in [0.25, 0.3) is 11.1 Å². The van der Waals surface area contributed by atoms with Crippen molar-refractivity contribution in [2.45, 2.75) is 19.8 Å². The Morgan fingerprint density at radius 3 is 2.59 bits per heavy atom. The SMILES string of the molecule is Cc1nn(C)c(NC(=O)CCc2cc(F)ccc2F)c1-c1ccc(Br)cc1. The Hall–Kier alpha value is -2.54. The number of rotatable bonds is 5. The molecule has 140 valence electrons. The quantitative estimate of drug-likeness (QED) is 0.614. The first-order chi connectivity index (χ1) is 12.8. The maximum absolute atomic E-state index is 13.7. The molecule has 0 spiro atoms. The van der Waals surface area contributed by atoms with Crippen LogP contribution in [-0.4, -0.2) is 15.7 Å². The van der Waals surface area contributed by atoms with Gasteiger partial charge in [-0.15, -0.1) is 0 Å². The first kappa shape index (κ1) is 19.2. The lowest BCUT2D eigenvalue weighted by atomic mass is 10.1. The molecule has 0 aliphatic rings. The molecule has 3 aromatic rings. The average molecular weight is 434 g/mol. The van der Waals surface area contributed by atoms with Crippen LogP contribution in [0.4, 0.5) is 14.6 Å². The predicted molar refractivity (Wildman–Crippen MR) is 104 cm³/mol. The highest BCUT2D eigenvalue weighted by atomic mass is 79.9. The van der Waals surface area contributed by atoms with Crippen LogP contribution in [0.2, 0.25) is 0 Å². The second-order valence-electron chi connectivity index (χ2n) is 6.22. The highest BCUT2D eigenvalue weighted by Gasteiger charge is 2.17. The second-order valence-corrected chi connectivity index (χ2v) is 7.14. The minimum absolute atomic E-state index is 0.0321. The first-order valence-electron chi connectivity index (χ1n) is 8.38. The molecular formula is C20H18BrF2N3O. The lowest BCUT2D eigenvalue weighted by Gasteiger charge is -2.10. The van der Waals surface area contributed by atoms with E-state index in [1.54, 1.807) is 11.7 Å². The minimum atomic E-state index is -0.522. The van der Waals surface area contributed by atoms with Crippen LogP contribution >= 0.6 is 15.9 Å². The molecule has 0 bridgehead atoms. The molecule has 0 atom stereocenters. The van der Waals surface area contributed by atoms with Gasteiger partial charge in [0, 0.05) is 23.5 Å². The lowest BCUT2D eigenvalue weighted by molar-refractivity contribution is -0.116. The fourth-order valence-electron chi connectivity index (χ4n) is 2.94.